The number of anilines is 1. The van der Waals surface area contributed by atoms with Gasteiger partial charge in [-0.3, -0.25) is 14.4 Å². The summed E-state index contributed by atoms with van der Waals surface area (Å²) in [5, 5.41) is 0. The van der Waals surface area contributed by atoms with Gasteiger partial charge in [-0.25, -0.2) is 0 Å². The molecule has 0 radical (unpaired) electrons. The zero-order chi connectivity index (χ0) is 21.3. The van der Waals surface area contributed by atoms with Gasteiger partial charge >= 0.3 is 0 Å². The van der Waals surface area contributed by atoms with Crippen LogP contribution in [0.25, 0.3) is 0 Å². The molecule has 3 aliphatic rings. The smallest absolute Gasteiger partial charge is 0.276 e. The number of hydrogen-bond donors (Lipinski definition) is 0. The molecule has 30 heavy (non-hydrogen) atoms. The van der Waals surface area contributed by atoms with E-state index in [9.17, 15) is 14.4 Å². The van der Waals surface area contributed by atoms with Crippen molar-refractivity contribution in [2.45, 2.75) is 32.3 Å². The number of Topliss-reactive ketones (excluding diaryl/α,β-unsaturated/α-hetero) is 2. The summed E-state index contributed by atoms with van der Waals surface area (Å²) in [5.74, 6) is -1.17. The van der Waals surface area contributed by atoms with E-state index in [1.165, 1.54) is 4.90 Å². The molecule has 1 spiro atoms. The molecular formula is C25H23NO4. The fraction of sp³-hybridized carbons (Fsp3) is 0.320. The molecule has 152 valence electrons. The predicted octanol–water partition coefficient (Wildman–Crippen LogP) is 4.03. The highest BCUT2D eigenvalue weighted by Gasteiger charge is 2.66. The van der Waals surface area contributed by atoms with E-state index in [4.69, 9.17) is 4.74 Å². The molecule has 2 heterocycles. The summed E-state index contributed by atoms with van der Waals surface area (Å²) in [6.07, 6.45) is 0.850. The van der Waals surface area contributed by atoms with E-state index in [0.29, 0.717) is 41.0 Å². The van der Waals surface area contributed by atoms with E-state index in [0.717, 1.165) is 0 Å². The van der Waals surface area contributed by atoms with Crippen molar-refractivity contribution < 1.29 is 19.1 Å². The summed E-state index contributed by atoms with van der Waals surface area (Å²) in [6, 6.07) is 16.2. The molecule has 0 unspecified atom stereocenters. The quantitative estimate of drug-likeness (QED) is 0.713. The molecule has 0 aromatic heterocycles. The molecule has 0 saturated carbocycles. The molecule has 1 amide bonds. The summed E-state index contributed by atoms with van der Waals surface area (Å²) in [6.45, 7) is 4.02. The van der Waals surface area contributed by atoms with Crippen LogP contribution in [0.15, 0.2) is 65.9 Å². The molecule has 5 rings (SSSR count). The number of ketones is 2. The highest BCUT2D eigenvalue weighted by Crippen LogP contribution is 2.58. The van der Waals surface area contributed by atoms with Gasteiger partial charge in [-0.2, -0.15) is 0 Å². The number of ether oxygens (including phenoxy) is 1. The Kier molecular flexibility index (Phi) is 3.85. The van der Waals surface area contributed by atoms with Crippen molar-refractivity contribution in [3.8, 4) is 0 Å². The molecule has 2 aromatic carbocycles. The Morgan fingerprint density at radius 2 is 1.67 bits per heavy atom. The van der Waals surface area contributed by atoms with Gasteiger partial charge in [0.2, 0.25) is 5.60 Å². The highest BCUT2D eigenvalue weighted by molar-refractivity contribution is 6.17. The average Bonchev–Trinajstić information content (AvgIpc) is 3.16. The maximum Gasteiger partial charge on any atom is 0.276 e. The lowest BCUT2D eigenvalue weighted by Crippen LogP contribution is -2.47. The van der Waals surface area contributed by atoms with Crippen molar-refractivity contribution in [3.05, 3.63) is 77.1 Å². The van der Waals surface area contributed by atoms with Crippen molar-refractivity contribution in [2.24, 2.45) is 11.3 Å². The first kappa shape index (κ1) is 18.8. The lowest BCUT2D eigenvalue weighted by molar-refractivity contribution is -0.139. The number of hydrogen-bond acceptors (Lipinski definition) is 4. The number of allylic oxidation sites excluding steroid dienone is 1. The molecular weight excluding hydrogens is 378 g/mol. The number of carbonyl (C=O) groups excluding carboxylic acids is 3. The molecule has 0 N–H and O–H groups in total. The van der Waals surface area contributed by atoms with Crippen LogP contribution in [0.1, 0.15) is 42.6 Å². The molecule has 0 saturated heterocycles. The second kappa shape index (κ2) is 6.14. The van der Waals surface area contributed by atoms with Crippen LogP contribution < -0.4 is 4.90 Å². The number of nitrogens with zero attached hydrogens (tertiary/aromatic N) is 1. The van der Waals surface area contributed by atoms with Crippen molar-refractivity contribution in [2.75, 3.05) is 11.9 Å². The van der Waals surface area contributed by atoms with E-state index < -0.39 is 11.5 Å². The number of amides is 1. The Labute approximate surface area is 175 Å². The van der Waals surface area contributed by atoms with Crippen LogP contribution in [-0.4, -0.2) is 24.5 Å². The lowest BCUT2D eigenvalue weighted by Gasteiger charge is -2.30. The van der Waals surface area contributed by atoms with Crippen LogP contribution in [0.4, 0.5) is 5.69 Å². The van der Waals surface area contributed by atoms with Crippen molar-refractivity contribution in [1.29, 1.82) is 0 Å². The molecule has 5 heteroatoms. The molecule has 2 aromatic rings. The molecule has 0 fully saturated rings. The summed E-state index contributed by atoms with van der Waals surface area (Å²) in [4.78, 5) is 42.2. The number of rotatable bonds is 2. The van der Waals surface area contributed by atoms with Gasteiger partial charge in [-0.15, -0.1) is 0 Å². The van der Waals surface area contributed by atoms with Gasteiger partial charge in [0.25, 0.3) is 5.91 Å². The highest BCUT2D eigenvalue weighted by atomic mass is 16.5. The van der Waals surface area contributed by atoms with E-state index in [1.54, 1.807) is 31.3 Å². The number of benzene rings is 2. The maximum atomic E-state index is 13.8. The fourth-order valence-electron chi connectivity index (χ4n) is 5.16. The Morgan fingerprint density at radius 1 is 1.00 bits per heavy atom. The van der Waals surface area contributed by atoms with Crippen molar-refractivity contribution >= 4 is 23.2 Å². The van der Waals surface area contributed by atoms with Gasteiger partial charge in [-0.05, 0) is 11.5 Å². The first-order valence-corrected chi connectivity index (χ1v) is 10.2. The summed E-state index contributed by atoms with van der Waals surface area (Å²) in [5.41, 5.74) is 0.387. The van der Waals surface area contributed by atoms with E-state index in [2.05, 4.69) is 0 Å². The number of likely N-dealkylation sites (N-methyl/N-ethyl adjacent to an activating group) is 1. The topological polar surface area (TPSA) is 63.7 Å². The molecule has 5 nitrogen and oxygen atoms in total. The summed E-state index contributed by atoms with van der Waals surface area (Å²) in [7, 11) is 1.69. The average molecular weight is 401 g/mol. The third-order valence-electron chi connectivity index (χ3n) is 6.47. The van der Waals surface area contributed by atoms with Crippen LogP contribution in [0, 0.1) is 11.3 Å². The van der Waals surface area contributed by atoms with Crippen LogP contribution in [0.5, 0.6) is 0 Å². The van der Waals surface area contributed by atoms with E-state index in [1.807, 2.05) is 44.2 Å². The van der Waals surface area contributed by atoms with Crippen LogP contribution in [-0.2, 0) is 19.9 Å². The minimum absolute atomic E-state index is 0.104. The number of carbonyl (C=O) groups is 3. The van der Waals surface area contributed by atoms with Crippen LogP contribution in [0.2, 0.25) is 0 Å². The zero-order valence-electron chi connectivity index (χ0n) is 17.3. The Balaban J connectivity index is 1.76. The minimum atomic E-state index is -1.53. The third kappa shape index (κ3) is 2.38. The second-order valence-electron chi connectivity index (χ2n) is 9.16. The molecule has 2 aliphatic heterocycles. The van der Waals surface area contributed by atoms with Crippen molar-refractivity contribution in [1.82, 2.24) is 0 Å². The molecule has 1 aliphatic carbocycles. The SMILES string of the molecule is CN1C(=O)[C@]2(OC3=C(C(=O)CC(C)(C)C3)[C@@H]2C(=O)c2ccccc2)c2ccccc21. The van der Waals surface area contributed by atoms with Gasteiger partial charge in [0, 0.05) is 36.6 Å². The van der Waals surface area contributed by atoms with Crippen LogP contribution in [0.3, 0.4) is 0 Å². The monoisotopic (exact) mass is 401 g/mol. The zero-order valence-corrected chi connectivity index (χ0v) is 17.3. The Hall–Kier alpha value is -3.21. The Bertz CT molecular complexity index is 1130. The van der Waals surface area contributed by atoms with Gasteiger partial charge in [0.1, 0.15) is 11.7 Å². The first-order valence-electron chi connectivity index (χ1n) is 10.2. The van der Waals surface area contributed by atoms with Crippen molar-refractivity contribution in [3.63, 3.8) is 0 Å². The van der Waals surface area contributed by atoms with Crippen LogP contribution >= 0.6 is 0 Å². The van der Waals surface area contributed by atoms with Gasteiger partial charge < -0.3 is 9.64 Å². The number of fused-ring (bicyclic) bond motifs is 2. The third-order valence-corrected chi connectivity index (χ3v) is 6.47. The van der Waals surface area contributed by atoms with E-state index in [-0.39, 0.29) is 22.9 Å². The van der Waals surface area contributed by atoms with E-state index >= 15 is 0 Å². The summed E-state index contributed by atoms with van der Waals surface area (Å²) < 4.78 is 6.43. The number of para-hydroxylation sites is 1. The predicted molar refractivity (Wildman–Crippen MR) is 112 cm³/mol. The standard InChI is InChI=1S/C25H23NO4/c1-24(2)13-18(27)20-19(14-24)30-25(21(20)22(28)15-9-5-4-6-10-15)16-11-7-8-12-17(16)26(3)23(25)29/h4-12,21H,13-14H2,1-3H3/t21-,25+/m1/s1. The fourth-order valence-corrected chi connectivity index (χ4v) is 5.16. The van der Waals surface area contributed by atoms with Gasteiger partial charge in [-0.1, -0.05) is 62.4 Å². The van der Waals surface area contributed by atoms with Gasteiger partial charge in [0.05, 0.1) is 5.69 Å². The normalized spacial score (nSPS) is 26.6. The lowest BCUT2D eigenvalue weighted by atomic mass is 9.69. The molecule has 2 atom stereocenters. The largest absolute Gasteiger partial charge is 0.475 e. The maximum absolute atomic E-state index is 13.8. The summed E-state index contributed by atoms with van der Waals surface area (Å²) >= 11 is 0. The minimum Gasteiger partial charge on any atom is -0.475 e. The first-order chi connectivity index (χ1) is 14.3. The van der Waals surface area contributed by atoms with Gasteiger partial charge in [0.15, 0.2) is 11.6 Å². The molecule has 0 bridgehead atoms. The second-order valence-corrected chi connectivity index (χ2v) is 9.16. The Morgan fingerprint density at radius 3 is 2.40 bits per heavy atom.